The maximum Gasteiger partial charge on any atom is 0.318 e. The van der Waals surface area contributed by atoms with E-state index < -0.39 is 6.10 Å². The Hall–Kier alpha value is -0.520. The van der Waals surface area contributed by atoms with Crippen LogP contribution in [0.4, 0.5) is 4.79 Å². The van der Waals surface area contributed by atoms with Gasteiger partial charge in [-0.25, -0.2) is 4.79 Å². The van der Waals surface area contributed by atoms with Crippen LogP contribution in [0.25, 0.3) is 0 Å². The Morgan fingerprint density at radius 1 is 1.35 bits per heavy atom. The second kappa shape index (κ2) is 4.63. The van der Waals surface area contributed by atoms with Gasteiger partial charge in [-0.05, 0) is 19.3 Å². The van der Waals surface area contributed by atoms with E-state index in [4.69, 9.17) is 5.73 Å². The molecule has 3 aliphatic rings. The number of aliphatic hydroxyl groups excluding tert-OH is 1. The van der Waals surface area contributed by atoms with E-state index in [0.717, 1.165) is 19.3 Å². The number of halogens is 1. The van der Waals surface area contributed by atoms with Gasteiger partial charge in [0.1, 0.15) is 0 Å². The molecule has 5 atom stereocenters. The second-order valence-corrected chi connectivity index (χ2v) is 5.28. The van der Waals surface area contributed by atoms with Gasteiger partial charge < -0.3 is 21.1 Å². The number of amides is 2. The molecule has 4 N–H and O–H groups in total. The van der Waals surface area contributed by atoms with Crippen LogP contribution in [-0.4, -0.2) is 46.8 Å². The molecular weight excluding hydrogens is 242 g/mol. The molecule has 0 aromatic rings. The Morgan fingerprint density at radius 2 is 2.12 bits per heavy atom. The van der Waals surface area contributed by atoms with Crippen LogP contribution in [0.5, 0.6) is 0 Å². The van der Waals surface area contributed by atoms with Crippen LogP contribution in [0.2, 0.25) is 0 Å². The van der Waals surface area contributed by atoms with Gasteiger partial charge in [-0.2, -0.15) is 0 Å². The van der Waals surface area contributed by atoms with Crippen molar-refractivity contribution in [1.82, 2.24) is 10.2 Å². The predicted molar refractivity (Wildman–Crippen MR) is 66.0 cm³/mol. The summed E-state index contributed by atoms with van der Waals surface area (Å²) in [5.74, 6) is 0.162. The monoisotopic (exact) mass is 261 g/mol. The third-order valence-electron chi connectivity index (χ3n) is 4.41. The SMILES string of the molecule is Cl.NC1CCN2C(=O)NC3CCCC(C1O)C32. The van der Waals surface area contributed by atoms with Crippen molar-refractivity contribution in [2.45, 2.75) is 49.9 Å². The summed E-state index contributed by atoms with van der Waals surface area (Å²) in [6.45, 7) is 0.682. The van der Waals surface area contributed by atoms with Gasteiger partial charge in [0.05, 0.1) is 18.2 Å². The fourth-order valence-electron chi connectivity index (χ4n) is 3.60. The predicted octanol–water partition coefficient (Wildman–Crippen LogP) is 0.0626. The van der Waals surface area contributed by atoms with Crippen molar-refractivity contribution in [3.63, 3.8) is 0 Å². The minimum Gasteiger partial charge on any atom is -0.391 e. The number of carbonyl (C=O) groups is 1. The average Bonchev–Trinajstić information content (AvgIpc) is 2.53. The van der Waals surface area contributed by atoms with Crippen molar-refractivity contribution in [2.24, 2.45) is 11.7 Å². The van der Waals surface area contributed by atoms with Crippen LogP contribution in [0.15, 0.2) is 0 Å². The molecule has 0 aromatic carbocycles. The quantitative estimate of drug-likeness (QED) is 0.577. The van der Waals surface area contributed by atoms with Crippen molar-refractivity contribution in [1.29, 1.82) is 0 Å². The van der Waals surface area contributed by atoms with Crippen LogP contribution in [-0.2, 0) is 0 Å². The van der Waals surface area contributed by atoms with Gasteiger partial charge in [0.25, 0.3) is 0 Å². The van der Waals surface area contributed by atoms with Crippen LogP contribution in [0, 0.1) is 5.92 Å². The fourth-order valence-corrected chi connectivity index (χ4v) is 3.60. The molecular formula is C11H20ClN3O2. The first kappa shape index (κ1) is 12.9. The van der Waals surface area contributed by atoms with Crippen LogP contribution in [0.3, 0.4) is 0 Å². The Balaban J connectivity index is 0.00000108. The number of hydrogen-bond donors (Lipinski definition) is 3. The van der Waals surface area contributed by atoms with Gasteiger partial charge in [0.15, 0.2) is 0 Å². The first-order valence-corrected chi connectivity index (χ1v) is 6.19. The highest BCUT2D eigenvalue weighted by Gasteiger charge is 2.50. The minimum absolute atomic E-state index is 0. The normalized spacial score (nSPS) is 44.5. The molecule has 0 spiro atoms. The minimum atomic E-state index is -0.453. The van der Waals surface area contributed by atoms with E-state index in [1.807, 2.05) is 4.90 Å². The zero-order valence-electron chi connectivity index (χ0n) is 9.71. The smallest absolute Gasteiger partial charge is 0.318 e. The Bertz CT molecular complexity index is 315. The summed E-state index contributed by atoms with van der Waals surface area (Å²) in [5, 5.41) is 13.2. The third kappa shape index (κ3) is 1.90. The lowest BCUT2D eigenvalue weighted by molar-refractivity contribution is 0.0372. The summed E-state index contributed by atoms with van der Waals surface area (Å²) in [6, 6.07) is 0.251. The van der Waals surface area contributed by atoms with E-state index in [9.17, 15) is 9.90 Å². The number of rotatable bonds is 0. The van der Waals surface area contributed by atoms with Crippen LogP contribution in [0.1, 0.15) is 25.7 Å². The average molecular weight is 262 g/mol. The number of hydrogen-bond acceptors (Lipinski definition) is 3. The van der Waals surface area contributed by atoms with Gasteiger partial charge in [-0.1, -0.05) is 6.42 Å². The maximum atomic E-state index is 11.8. The Labute approximate surface area is 107 Å². The van der Waals surface area contributed by atoms with Crippen molar-refractivity contribution in [2.75, 3.05) is 6.54 Å². The van der Waals surface area contributed by atoms with E-state index in [1.54, 1.807) is 0 Å². The first-order valence-electron chi connectivity index (χ1n) is 6.19. The van der Waals surface area contributed by atoms with Crippen molar-refractivity contribution in [3.05, 3.63) is 0 Å². The number of aliphatic hydroxyl groups is 1. The molecule has 3 fully saturated rings. The number of nitrogens with zero attached hydrogens (tertiary/aromatic N) is 1. The Morgan fingerprint density at radius 3 is 2.88 bits per heavy atom. The van der Waals surface area contributed by atoms with Gasteiger partial charge in [-0.3, -0.25) is 0 Å². The van der Waals surface area contributed by atoms with E-state index in [-0.39, 0.29) is 42.5 Å². The van der Waals surface area contributed by atoms with Gasteiger partial charge in [0.2, 0.25) is 0 Å². The molecule has 2 aliphatic heterocycles. The van der Waals surface area contributed by atoms with E-state index in [0.29, 0.717) is 13.0 Å². The topological polar surface area (TPSA) is 78.6 Å². The molecule has 0 bridgehead atoms. The van der Waals surface area contributed by atoms with Crippen molar-refractivity contribution < 1.29 is 9.90 Å². The fraction of sp³-hybridized carbons (Fsp3) is 0.909. The Kier molecular flexibility index (Phi) is 3.52. The molecule has 5 nitrogen and oxygen atoms in total. The highest BCUT2D eigenvalue weighted by atomic mass is 35.5. The summed E-state index contributed by atoms with van der Waals surface area (Å²) in [5.41, 5.74) is 5.95. The molecule has 1 aliphatic carbocycles. The lowest BCUT2D eigenvalue weighted by Crippen LogP contribution is -2.50. The largest absolute Gasteiger partial charge is 0.391 e. The lowest BCUT2D eigenvalue weighted by atomic mass is 9.77. The summed E-state index contributed by atoms with van der Waals surface area (Å²) < 4.78 is 0. The van der Waals surface area contributed by atoms with E-state index in [2.05, 4.69) is 5.32 Å². The molecule has 1 saturated carbocycles. The molecule has 2 heterocycles. The molecule has 98 valence electrons. The molecule has 2 amide bonds. The summed E-state index contributed by atoms with van der Waals surface area (Å²) >= 11 is 0. The van der Waals surface area contributed by atoms with Crippen molar-refractivity contribution in [3.8, 4) is 0 Å². The zero-order valence-corrected chi connectivity index (χ0v) is 10.5. The molecule has 0 aromatic heterocycles. The molecule has 2 saturated heterocycles. The number of urea groups is 1. The molecule has 17 heavy (non-hydrogen) atoms. The molecule has 3 rings (SSSR count). The number of nitrogens with two attached hydrogens (primary N) is 1. The summed E-state index contributed by atoms with van der Waals surface area (Å²) in [6.07, 6.45) is 3.34. The molecule has 6 heteroatoms. The standard InChI is InChI=1S/C11H19N3O2.ClH/c12-7-4-5-14-9-6(10(7)15)2-1-3-8(9)13-11(14)16;/h6-10,15H,1-5,12H2,(H,13,16);1H. The van der Waals surface area contributed by atoms with Gasteiger partial charge in [-0.15, -0.1) is 12.4 Å². The van der Waals surface area contributed by atoms with Gasteiger partial charge >= 0.3 is 6.03 Å². The number of carbonyl (C=O) groups excluding carboxylic acids is 1. The van der Waals surface area contributed by atoms with Crippen LogP contribution >= 0.6 is 12.4 Å². The highest BCUT2D eigenvalue weighted by molar-refractivity contribution is 5.85. The van der Waals surface area contributed by atoms with Crippen LogP contribution < -0.4 is 11.1 Å². The second-order valence-electron chi connectivity index (χ2n) is 5.28. The summed E-state index contributed by atoms with van der Waals surface area (Å²) in [7, 11) is 0. The zero-order chi connectivity index (χ0) is 11.3. The third-order valence-corrected chi connectivity index (χ3v) is 4.41. The summed E-state index contributed by atoms with van der Waals surface area (Å²) in [4.78, 5) is 13.7. The maximum absolute atomic E-state index is 11.8. The molecule has 0 radical (unpaired) electrons. The highest BCUT2D eigenvalue weighted by Crippen LogP contribution is 2.37. The molecule has 5 unspecified atom stereocenters. The van der Waals surface area contributed by atoms with Gasteiger partial charge in [0, 0.05) is 18.5 Å². The van der Waals surface area contributed by atoms with E-state index in [1.165, 1.54) is 0 Å². The first-order chi connectivity index (χ1) is 7.68. The number of nitrogens with one attached hydrogen (secondary N) is 1. The lowest BCUT2D eigenvalue weighted by Gasteiger charge is -2.37. The van der Waals surface area contributed by atoms with Crippen molar-refractivity contribution >= 4 is 18.4 Å². The van der Waals surface area contributed by atoms with E-state index >= 15 is 0 Å².